The molecule has 1 saturated heterocycles. The predicted molar refractivity (Wildman–Crippen MR) is 109 cm³/mol. The highest BCUT2D eigenvalue weighted by atomic mass is 16.6. The number of amides is 2. The topological polar surface area (TPSA) is 65.1 Å². The summed E-state index contributed by atoms with van der Waals surface area (Å²) >= 11 is 0. The third-order valence-electron chi connectivity index (χ3n) is 4.78. The van der Waals surface area contributed by atoms with Gasteiger partial charge in [0.15, 0.2) is 0 Å². The van der Waals surface area contributed by atoms with Crippen LogP contribution in [0.4, 0.5) is 4.79 Å². The molecule has 0 radical (unpaired) electrons. The molecule has 0 unspecified atom stereocenters. The number of ether oxygens (including phenoxy) is 3. The van der Waals surface area contributed by atoms with Gasteiger partial charge in [0, 0.05) is 6.42 Å². The number of cyclic esters (lactones) is 1. The minimum absolute atomic E-state index is 0.179. The van der Waals surface area contributed by atoms with E-state index in [4.69, 9.17) is 14.2 Å². The van der Waals surface area contributed by atoms with Crippen molar-refractivity contribution in [2.75, 3.05) is 13.7 Å². The largest absolute Gasteiger partial charge is 0.497 e. The maximum Gasteiger partial charge on any atom is 0.417 e. The zero-order valence-corrected chi connectivity index (χ0v) is 16.5. The van der Waals surface area contributed by atoms with Crippen molar-refractivity contribution in [2.45, 2.75) is 31.6 Å². The van der Waals surface area contributed by atoms with Crippen molar-refractivity contribution in [1.82, 2.24) is 4.90 Å². The van der Waals surface area contributed by atoms with E-state index < -0.39 is 18.1 Å². The molecular formula is C23H25NO5. The lowest BCUT2D eigenvalue weighted by Gasteiger charge is -2.24. The number of methoxy groups -OCH3 is 1. The molecule has 0 N–H and O–H groups in total. The van der Waals surface area contributed by atoms with Crippen LogP contribution in [0.2, 0.25) is 0 Å². The van der Waals surface area contributed by atoms with Gasteiger partial charge in [0.25, 0.3) is 5.91 Å². The molecular weight excluding hydrogens is 370 g/mol. The first-order chi connectivity index (χ1) is 14.1. The number of hydrogen-bond donors (Lipinski definition) is 0. The quantitative estimate of drug-likeness (QED) is 0.605. The number of imide groups is 1. The molecule has 2 aromatic carbocycles. The van der Waals surface area contributed by atoms with E-state index in [-0.39, 0.29) is 19.3 Å². The summed E-state index contributed by atoms with van der Waals surface area (Å²) in [5, 5.41) is 0. The second-order valence-electron chi connectivity index (χ2n) is 6.80. The molecule has 3 rings (SSSR count). The summed E-state index contributed by atoms with van der Waals surface area (Å²) in [7, 11) is 1.60. The molecule has 0 spiro atoms. The first-order valence-electron chi connectivity index (χ1n) is 9.51. The number of benzene rings is 2. The Kier molecular flexibility index (Phi) is 7.03. The standard InChI is InChI=1S/C23H25NO5/c1-3-7-21(28-15-18-10-12-20(27-2)13-11-18)22(25)24-19(16-29-23(24)26)14-17-8-5-4-6-9-17/h3-6,8-13,19,21H,1,7,14-16H2,2H3/t19-,21+/m0/s1. The second-order valence-corrected chi connectivity index (χ2v) is 6.80. The van der Waals surface area contributed by atoms with Gasteiger partial charge in [-0.3, -0.25) is 4.79 Å². The summed E-state index contributed by atoms with van der Waals surface area (Å²) in [6.45, 7) is 4.13. The summed E-state index contributed by atoms with van der Waals surface area (Å²) in [4.78, 5) is 26.5. The fourth-order valence-corrected chi connectivity index (χ4v) is 3.23. The van der Waals surface area contributed by atoms with Gasteiger partial charge in [-0.15, -0.1) is 6.58 Å². The van der Waals surface area contributed by atoms with E-state index in [1.807, 2.05) is 54.6 Å². The van der Waals surface area contributed by atoms with E-state index in [9.17, 15) is 9.59 Å². The van der Waals surface area contributed by atoms with Gasteiger partial charge in [0.05, 0.1) is 19.8 Å². The van der Waals surface area contributed by atoms with Crippen molar-refractivity contribution in [3.05, 3.63) is 78.4 Å². The van der Waals surface area contributed by atoms with E-state index in [1.54, 1.807) is 13.2 Å². The van der Waals surface area contributed by atoms with Gasteiger partial charge in [-0.25, -0.2) is 9.69 Å². The van der Waals surface area contributed by atoms with Crippen molar-refractivity contribution >= 4 is 12.0 Å². The van der Waals surface area contributed by atoms with Crippen LogP contribution in [0.25, 0.3) is 0 Å². The van der Waals surface area contributed by atoms with Gasteiger partial charge in [-0.05, 0) is 29.7 Å². The van der Waals surface area contributed by atoms with Crippen molar-refractivity contribution in [3.8, 4) is 5.75 Å². The van der Waals surface area contributed by atoms with Gasteiger partial charge < -0.3 is 14.2 Å². The lowest BCUT2D eigenvalue weighted by Crippen LogP contribution is -2.46. The Labute approximate surface area is 170 Å². The number of nitrogens with zero attached hydrogens (tertiary/aromatic N) is 1. The third-order valence-corrected chi connectivity index (χ3v) is 4.78. The molecule has 1 aliphatic rings. The van der Waals surface area contributed by atoms with E-state index in [0.717, 1.165) is 16.9 Å². The van der Waals surface area contributed by atoms with Gasteiger partial charge in [-0.1, -0.05) is 48.5 Å². The molecule has 2 atom stereocenters. The molecule has 1 aliphatic heterocycles. The Hall–Kier alpha value is -3.12. The highest BCUT2D eigenvalue weighted by Crippen LogP contribution is 2.21. The normalized spacial score (nSPS) is 16.9. The molecule has 152 valence electrons. The predicted octanol–water partition coefficient (Wildman–Crippen LogP) is 3.75. The fraction of sp³-hybridized carbons (Fsp3) is 0.304. The molecule has 0 saturated carbocycles. The summed E-state index contributed by atoms with van der Waals surface area (Å²) in [6, 6.07) is 16.8. The number of carbonyl (C=O) groups excluding carboxylic acids is 2. The Morgan fingerprint density at radius 2 is 1.93 bits per heavy atom. The minimum Gasteiger partial charge on any atom is -0.497 e. The average Bonchev–Trinajstić information content (AvgIpc) is 3.11. The van der Waals surface area contributed by atoms with Crippen LogP contribution in [-0.4, -0.2) is 42.8 Å². The molecule has 0 aromatic heterocycles. The molecule has 0 aliphatic carbocycles. The van der Waals surface area contributed by atoms with Crippen LogP contribution in [0.3, 0.4) is 0 Å². The van der Waals surface area contributed by atoms with Gasteiger partial charge in [0.2, 0.25) is 0 Å². The first kappa shape index (κ1) is 20.6. The van der Waals surface area contributed by atoms with Gasteiger partial charge in [-0.2, -0.15) is 0 Å². The molecule has 1 fully saturated rings. The van der Waals surface area contributed by atoms with Crippen LogP contribution in [0, 0.1) is 0 Å². The van der Waals surface area contributed by atoms with Gasteiger partial charge >= 0.3 is 6.09 Å². The molecule has 0 bridgehead atoms. The molecule has 29 heavy (non-hydrogen) atoms. The summed E-state index contributed by atoms with van der Waals surface area (Å²) in [6.07, 6.45) is 1.02. The van der Waals surface area contributed by atoms with Crippen LogP contribution < -0.4 is 4.74 Å². The maximum atomic E-state index is 13.1. The average molecular weight is 395 g/mol. The fourth-order valence-electron chi connectivity index (χ4n) is 3.23. The lowest BCUT2D eigenvalue weighted by atomic mass is 10.1. The Morgan fingerprint density at radius 1 is 1.21 bits per heavy atom. The molecule has 6 nitrogen and oxygen atoms in total. The zero-order valence-electron chi connectivity index (χ0n) is 16.5. The maximum absolute atomic E-state index is 13.1. The third kappa shape index (κ3) is 5.23. The second kappa shape index (κ2) is 9.89. The van der Waals surface area contributed by atoms with E-state index >= 15 is 0 Å². The van der Waals surface area contributed by atoms with Gasteiger partial charge in [0.1, 0.15) is 18.5 Å². The van der Waals surface area contributed by atoms with Crippen molar-refractivity contribution in [3.63, 3.8) is 0 Å². The Morgan fingerprint density at radius 3 is 2.59 bits per heavy atom. The van der Waals surface area contributed by atoms with Crippen LogP contribution in [0.15, 0.2) is 67.3 Å². The summed E-state index contributed by atoms with van der Waals surface area (Å²) in [5.74, 6) is 0.345. The number of hydrogen-bond acceptors (Lipinski definition) is 5. The molecule has 2 aromatic rings. The number of carbonyl (C=O) groups is 2. The zero-order chi connectivity index (χ0) is 20.6. The van der Waals surface area contributed by atoms with Crippen LogP contribution in [-0.2, 0) is 27.3 Å². The number of rotatable bonds is 9. The highest BCUT2D eigenvalue weighted by molar-refractivity contribution is 5.96. The Balaban J connectivity index is 1.68. The monoisotopic (exact) mass is 395 g/mol. The van der Waals surface area contributed by atoms with Crippen LogP contribution in [0.5, 0.6) is 5.75 Å². The van der Waals surface area contributed by atoms with E-state index in [1.165, 1.54) is 4.90 Å². The van der Waals surface area contributed by atoms with Crippen molar-refractivity contribution < 1.29 is 23.8 Å². The van der Waals surface area contributed by atoms with E-state index in [2.05, 4.69) is 6.58 Å². The first-order valence-corrected chi connectivity index (χ1v) is 9.51. The molecule has 1 heterocycles. The SMILES string of the molecule is C=CC[C@@H](OCc1ccc(OC)cc1)C(=O)N1C(=O)OC[C@@H]1Cc1ccccc1. The summed E-state index contributed by atoms with van der Waals surface area (Å²) in [5.41, 5.74) is 1.94. The smallest absolute Gasteiger partial charge is 0.417 e. The summed E-state index contributed by atoms with van der Waals surface area (Å²) < 4.78 is 16.2. The van der Waals surface area contributed by atoms with Crippen molar-refractivity contribution in [2.24, 2.45) is 0 Å². The van der Waals surface area contributed by atoms with Crippen LogP contribution >= 0.6 is 0 Å². The van der Waals surface area contributed by atoms with Crippen LogP contribution in [0.1, 0.15) is 17.5 Å². The Bertz CT molecular complexity index is 834. The lowest BCUT2D eigenvalue weighted by molar-refractivity contribution is -0.142. The molecule has 6 heteroatoms. The highest BCUT2D eigenvalue weighted by Gasteiger charge is 2.40. The minimum atomic E-state index is -0.807. The van der Waals surface area contributed by atoms with Crippen molar-refractivity contribution in [1.29, 1.82) is 0 Å². The molecule has 2 amide bonds. The van der Waals surface area contributed by atoms with E-state index in [0.29, 0.717) is 12.8 Å².